The maximum Gasteiger partial charge on any atom is 0.0462 e. The van der Waals surface area contributed by atoms with E-state index in [0.29, 0.717) is 6.04 Å². The standard InChI is InChI=1S/C15H32N2O/c1-5-14-12-17(9-7-6-8-10-18-4)15(11-16-14)13(2)3/h13-16H,5-12H2,1-4H3. The molecular formula is C15H32N2O. The monoisotopic (exact) mass is 256 g/mol. The topological polar surface area (TPSA) is 24.5 Å². The first-order valence-corrected chi connectivity index (χ1v) is 7.65. The summed E-state index contributed by atoms with van der Waals surface area (Å²) in [7, 11) is 1.79. The van der Waals surface area contributed by atoms with E-state index in [4.69, 9.17) is 4.74 Å². The molecule has 2 atom stereocenters. The zero-order chi connectivity index (χ0) is 13.4. The molecule has 0 radical (unpaired) electrons. The molecule has 0 amide bonds. The first-order valence-electron chi connectivity index (χ1n) is 7.65. The molecule has 1 fully saturated rings. The number of hydrogen-bond donors (Lipinski definition) is 1. The van der Waals surface area contributed by atoms with Gasteiger partial charge < -0.3 is 10.1 Å². The summed E-state index contributed by atoms with van der Waals surface area (Å²) in [5.41, 5.74) is 0. The van der Waals surface area contributed by atoms with Crippen LogP contribution in [0.15, 0.2) is 0 Å². The van der Waals surface area contributed by atoms with E-state index in [1.54, 1.807) is 7.11 Å². The number of hydrogen-bond acceptors (Lipinski definition) is 3. The molecule has 0 aromatic heterocycles. The Morgan fingerprint density at radius 1 is 1.28 bits per heavy atom. The minimum atomic E-state index is 0.693. The third kappa shape index (κ3) is 5.25. The Bertz CT molecular complexity index is 209. The molecule has 0 saturated carbocycles. The quantitative estimate of drug-likeness (QED) is 0.675. The lowest BCUT2D eigenvalue weighted by atomic mass is 9.97. The van der Waals surface area contributed by atoms with Crippen molar-refractivity contribution in [3.8, 4) is 0 Å². The highest BCUT2D eigenvalue weighted by molar-refractivity contribution is 4.87. The molecule has 108 valence electrons. The van der Waals surface area contributed by atoms with Gasteiger partial charge in [0.25, 0.3) is 0 Å². The van der Waals surface area contributed by atoms with E-state index in [2.05, 4.69) is 31.0 Å². The fourth-order valence-electron chi connectivity index (χ4n) is 2.83. The predicted octanol–water partition coefficient (Wildman–Crippen LogP) is 2.51. The molecule has 2 unspecified atom stereocenters. The molecule has 0 aliphatic carbocycles. The van der Waals surface area contributed by atoms with Crippen molar-refractivity contribution in [1.82, 2.24) is 10.2 Å². The van der Waals surface area contributed by atoms with Gasteiger partial charge in [-0.1, -0.05) is 20.8 Å². The third-order valence-corrected chi connectivity index (χ3v) is 4.10. The van der Waals surface area contributed by atoms with E-state index in [0.717, 1.165) is 25.1 Å². The molecule has 0 aromatic rings. The Kier molecular flexibility index (Phi) is 7.87. The van der Waals surface area contributed by atoms with Crippen LogP contribution >= 0.6 is 0 Å². The summed E-state index contributed by atoms with van der Waals surface area (Å²) < 4.78 is 5.10. The van der Waals surface area contributed by atoms with Crippen molar-refractivity contribution < 1.29 is 4.74 Å². The second kappa shape index (κ2) is 8.89. The average molecular weight is 256 g/mol. The summed E-state index contributed by atoms with van der Waals surface area (Å²) >= 11 is 0. The summed E-state index contributed by atoms with van der Waals surface area (Å²) in [6, 6.07) is 1.41. The highest BCUT2D eigenvalue weighted by Crippen LogP contribution is 2.17. The van der Waals surface area contributed by atoms with Crippen LogP contribution in [0.5, 0.6) is 0 Å². The van der Waals surface area contributed by atoms with Crippen LogP contribution in [0.25, 0.3) is 0 Å². The molecule has 18 heavy (non-hydrogen) atoms. The van der Waals surface area contributed by atoms with Gasteiger partial charge >= 0.3 is 0 Å². The van der Waals surface area contributed by atoms with Gasteiger partial charge in [-0.3, -0.25) is 4.90 Å². The summed E-state index contributed by atoms with van der Waals surface area (Å²) in [4.78, 5) is 2.71. The second-order valence-electron chi connectivity index (χ2n) is 5.87. The number of nitrogens with zero attached hydrogens (tertiary/aromatic N) is 1. The van der Waals surface area contributed by atoms with Crippen LogP contribution in [0.3, 0.4) is 0 Å². The van der Waals surface area contributed by atoms with E-state index >= 15 is 0 Å². The van der Waals surface area contributed by atoms with Crippen molar-refractivity contribution >= 4 is 0 Å². The SMILES string of the molecule is CCC1CN(CCCCCOC)C(C(C)C)CN1. The minimum Gasteiger partial charge on any atom is -0.385 e. The van der Waals surface area contributed by atoms with Gasteiger partial charge in [-0.2, -0.15) is 0 Å². The van der Waals surface area contributed by atoms with Crippen LogP contribution in [0.1, 0.15) is 46.5 Å². The van der Waals surface area contributed by atoms with Crippen molar-refractivity contribution in [3.05, 3.63) is 0 Å². The van der Waals surface area contributed by atoms with Crippen LogP contribution in [0.2, 0.25) is 0 Å². The fraction of sp³-hybridized carbons (Fsp3) is 1.00. The Hall–Kier alpha value is -0.120. The molecule has 1 rings (SSSR count). The summed E-state index contributed by atoms with van der Waals surface area (Å²) in [5, 5.41) is 3.68. The Morgan fingerprint density at radius 3 is 2.67 bits per heavy atom. The van der Waals surface area contributed by atoms with Crippen molar-refractivity contribution in [2.45, 2.75) is 58.5 Å². The minimum absolute atomic E-state index is 0.693. The molecule has 1 N–H and O–H groups in total. The van der Waals surface area contributed by atoms with Gasteiger partial charge in [0.2, 0.25) is 0 Å². The Labute approximate surface area is 113 Å². The lowest BCUT2D eigenvalue weighted by Crippen LogP contribution is -2.58. The number of nitrogens with one attached hydrogen (secondary N) is 1. The van der Waals surface area contributed by atoms with E-state index in [1.165, 1.54) is 38.8 Å². The van der Waals surface area contributed by atoms with Crippen LogP contribution < -0.4 is 5.32 Å². The van der Waals surface area contributed by atoms with Crippen LogP contribution in [0, 0.1) is 5.92 Å². The summed E-state index contributed by atoms with van der Waals surface area (Å²) in [6.07, 6.45) is 5.04. The number of unbranched alkanes of at least 4 members (excludes halogenated alkanes) is 2. The summed E-state index contributed by atoms with van der Waals surface area (Å²) in [6.45, 7) is 11.5. The maximum absolute atomic E-state index is 5.10. The van der Waals surface area contributed by atoms with Gasteiger partial charge in [-0.05, 0) is 38.1 Å². The van der Waals surface area contributed by atoms with Crippen molar-refractivity contribution in [1.29, 1.82) is 0 Å². The highest BCUT2D eigenvalue weighted by Gasteiger charge is 2.28. The van der Waals surface area contributed by atoms with Crippen molar-refractivity contribution in [2.75, 3.05) is 33.4 Å². The van der Waals surface area contributed by atoms with Gasteiger partial charge in [0.1, 0.15) is 0 Å². The molecule has 0 bridgehead atoms. The highest BCUT2D eigenvalue weighted by atomic mass is 16.5. The first-order chi connectivity index (χ1) is 8.69. The van der Waals surface area contributed by atoms with Gasteiger partial charge in [0, 0.05) is 38.9 Å². The molecule has 0 spiro atoms. The zero-order valence-corrected chi connectivity index (χ0v) is 12.7. The number of methoxy groups -OCH3 is 1. The van der Waals surface area contributed by atoms with E-state index in [-0.39, 0.29) is 0 Å². The van der Waals surface area contributed by atoms with E-state index < -0.39 is 0 Å². The fourth-order valence-corrected chi connectivity index (χ4v) is 2.83. The third-order valence-electron chi connectivity index (χ3n) is 4.10. The van der Waals surface area contributed by atoms with Crippen molar-refractivity contribution in [3.63, 3.8) is 0 Å². The molecule has 1 heterocycles. The number of piperazine rings is 1. The Balaban J connectivity index is 2.31. The van der Waals surface area contributed by atoms with Crippen LogP contribution in [0.4, 0.5) is 0 Å². The number of rotatable bonds is 8. The van der Waals surface area contributed by atoms with Gasteiger partial charge in [-0.25, -0.2) is 0 Å². The van der Waals surface area contributed by atoms with Gasteiger partial charge in [0.15, 0.2) is 0 Å². The first kappa shape index (κ1) is 15.9. The van der Waals surface area contributed by atoms with Gasteiger partial charge in [0.05, 0.1) is 0 Å². The molecule has 0 aromatic carbocycles. The lowest BCUT2D eigenvalue weighted by Gasteiger charge is -2.42. The van der Waals surface area contributed by atoms with E-state index in [1.807, 2.05) is 0 Å². The maximum atomic E-state index is 5.10. The molecule has 1 aliphatic heterocycles. The predicted molar refractivity (Wildman–Crippen MR) is 78.0 cm³/mol. The molecule has 1 aliphatic rings. The normalized spacial score (nSPS) is 25.8. The molecular weight excluding hydrogens is 224 g/mol. The Morgan fingerprint density at radius 2 is 2.06 bits per heavy atom. The van der Waals surface area contributed by atoms with E-state index in [9.17, 15) is 0 Å². The van der Waals surface area contributed by atoms with Crippen LogP contribution in [-0.2, 0) is 4.74 Å². The molecule has 3 heteroatoms. The lowest BCUT2D eigenvalue weighted by molar-refractivity contribution is 0.0941. The van der Waals surface area contributed by atoms with Crippen molar-refractivity contribution in [2.24, 2.45) is 5.92 Å². The summed E-state index contributed by atoms with van der Waals surface area (Å²) in [5.74, 6) is 0.745. The largest absolute Gasteiger partial charge is 0.385 e. The molecule has 3 nitrogen and oxygen atoms in total. The second-order valence-corrected chi connectivity index (χ2v) is 5.87. The number of ether oxygens (including phenoxy) is 1. The average Bonchev–Trinajstić information content (AvgIpc) is 2.38. The smallest absolute Gasteiger partial charge is 0.0462 e. The van der Waals surface area contributed by atoms with Crippen LogP contribution in [-0.4, -0.2) is 50.3 Å². The molecule has 1 saturated heterocycles. The van der Waals surface area contributed by atoms with Gasteiger partial charge in [-0.15, -0.1) is 0 Å². The zero-order valence-electron chi connectivity index (χ0n) is 12.7.